The van der Waals surface area contributed by atoms with Gasteiger partial charge in [-0.3, -0.25) is 4.79 Å². The Balaban J connectivity index is 1.62. The molecule has 0 aromatic heterocycles. The highest BCUT2D eigenvalue weighted by atomic mass is 32.2. The Bertz CT molecular complexity index is 730. The number of nitrogens with zero attached hydrogens (tertiary/aromatic N) is 3. The second-order valence-corrected chi connectivity index (χ2v) is 10.3. The van der Waals surface area contributed by atoms with Crippen molar-refractivity contribution in [2.75, 3.05) is 46.8 Å². The van der Waals surface area contributed by atoms with Crippen LogP contribution in [-0.2, 0) is 10.0 Å². The first-order valence-corrected chi connectivity index (χ1v) is 11.4. The third-order valence-electron chi connectivity index (χ3n) is 5.90. The van der Waals surface area contributed by atoms with Crippen LogP contribution in [0.3, 0.4) is 0 Å². The average Bonchev–Trinajstić information content (AvgIpc) is 2.70. The maximum absolute atomic E-state index is 13.1. The number of carbonyl (C=O) groups excluding carboxylic acids is 1. The standard InChI is InChI=1S/C20H31N3O3S/c1-21-13-10-17(11-14-21)15-22(2)27(25,26)19-9-6-12-23(16-19)20(24)18-7-4-3-5-8-18/h3-5,7-8,17,19H,6,9-16H2,1-2H3. The van der Waals surface area contributed by atoms with E-state index in [0.29, 0.717) is 31.0 Å². The van der Waals surface area contributed by atoms with Gasteiger partial charge in [-0.05, 0) is 63.9 Å². The molecule has 6 nitrogen and oxygen atoms in total. The molecule has 3 rings (SSSR count). The summed E-state index contributed by atoms with van der Waals surface area (Å²) in [6, 6.07) is 9.11. The number of carbonyl (C=O) groups is 1. The highest BCUT2D eigenvalue weighted by molar-refractivity contribution is 7.89. The molecule has 1 aromatic carbocycles. The van der Waals surface area contributed by atoms with E-state index < -0.39 is 15.3 Å². The fourth-order valence-electron chi connectivity index (χ4n) is 4.10. The number of hydrogen-bond acceptors (Lipinski definition) is 4. The smallest absolute Gasteiger partial charge is 0.253 e. The van der Waals surface area contributed by atoms with Crippen LogP contribution in [0.25, 0.3) is 0 Å². The van der Waals surface area contributed by atoms with E-state index in [4.69, 9.17) is 0 Å². The summed E-state index contributed by atoms with van der Waals surface area (Å²) < 4.78 is 27.8. The molecular formula is C20H31N3O3S. The number of sulfonamides is 1. The minimum Gasteiger partial charge on any atom is -0.337 e. The van der Waals surface area contributed by atoms with Gasteiger partial charge < -0.3 is 9.80 Å². The van der Waals surface area contributed by atoms with Gasteiger partial charge >= 0.3 is 0 Å². The molecule has 0 spiro atoms. The molecular weight excluding hydrogens is 362 g/mol. The van der Waals surface area contributed by atoms with Crippen LogP contribution in [0.15, 0.2) is 30.3 Å². The van der Waals surface area contributed by atoms with Crippen molar-refractivity contribution < 1.29 is 13.2 Å². The third-order valence-corrected chi connectivity index (χ3v) is 8.14. The predicted molar refractivity (Wildman–Crippen MR) is 107 cm³/mol. The second kappa shape index (κ2) is 8.71. The molecule has 150 valence electrons. The van der Waals surface area contributed by atoms with E-state index in [1.165, 1.54) is 0 Å². The van der Waals surface area contributed by atoms with Gasteiger partial charge in [-0.1, -0.05) is 18.2 Å². The van der Waals surface area contributed by atoms with Gasteiger partial charge in [-0.2, -0.15) is 0 Å². The van der Waals surface area contributed by atoms with Crippen LogP contribution >= 0.6 is 0 Å². The molecule has 2 aliphatic heterocycles. The number of amides is 1. The molecule has 0 bridgehead atoms. The molecule has 0 N–H and O–H groups in total. The Morgan fingerprint density at radius 2 is 1.78 bits per heavy atom. The largest absolute Gasteiger partial charge is 0.337 e. The molecule has 2 aliphatic rings. The summed E-state index contributed by atoms with van der Waals surface area (Å²) in [5.74, 6) is 0.347. The second-order valence-electron chi connectivity index (χ2n) is 7.95. The van der Waals surface area contributed by atoms with Crippen molar-refractivity contribution >= 4 is 15.9 Å². The van der Waals surface area contributed by atoms with E-state index in [1.807, 2.05) is 18.2 Å². The van der Waals surface area contributed by atoms with Gasteiger partial charge in [0, 0.05) is 32.2 Å². The van der Waals surface area contributed by atoms with Crippen LogP contribution in [0.5, 0.6) is 0 Å². The van der Waals surface area contributed by atoms with Crippen molar-refractivity contribution in [3.63, 3.8) is 0 Å². The minimum atomic E-state index is -3.40. The van der Waals surface area contributed by atoms with Crippen molar-refractivity contribution in [2.24, 2.45) is 5.92 Å². The molecule has 2 heterocycles. The zero-order valence-corrected chi connectivity index (χ0v) is 17.2. The van der Waals surface area contributed by atoms with E-state index in [1.54, 1.807) is 28.4 Å². The monoisotopic (exact) mass is 393 g/mol. The number of rotatable bonds is 5. The van der Waals surface area contributed by atoms with Crippen molar-refractivity contribution in [1.82, 2.24) is 14.1 Å². The Morgan fingerprint density at radius 3 is 2.44 bits per heavy atom. The summed E-state index contributed by atoms with van der Waals surface area (Å²) in [6.45, 7) is 3.55. The Morgan fingerprint density at radius 1 is 1.11 bits per heavy atom. The molecule has 1 atom stereocenters. The van der Waals surface area contributed by atoms with E-state index in [9.17, 15) is 13.2 Å². The Kier molecular flexibility index (Phi) is 6.55. The maximum Gasteiger partial charge on any atom is 0.253 e. The number of benzene rings is 1. The van der Waals surface area contributed by atoms with E-state index in [0.717, 1.165) is 32.4 Å². The van der Waals surface area contributed by atoms with E-state index in [-0.39, 0.29) is 12.5 Å². The van der Waals surface area contributed by atoms with E-state index in [2.05, 4.69) is 11.9 Å². The van der Waals surface area contributed by atoms with Gasteiger partial charge in [0.15, 0.2) is 0 Å². The lowest BCUT2D eigenvalue weighted by Crippen LogP contribution is -2.49. The molecule has 2 fully saturated rings. The van der Waals surface area contributed by atoms with Crippen LogP contribution in [0, 0.1) is 5.92 Å². The molecule has 1 aromatic rings. The summed E-state index contributed by atoms with van der Waals surface area (Å²) in [5, 5.41) is -0.504. The van der Waals surface area contributed by atoms with Gasteiger partial charge in [-0.25, -0.2) is 12.7 Å². The highest BCUT2D eigenvalue weighted by Crippen LogP contribution is 2.24. The quantitative estimate of drug-likeness (QED) is 0.767. The van der Waals surface area contributed by atoms with Crippen LogP contribution in [0.1, 0.15) is 36.0 Å². The van der Waals surface area contributed by atoms with Crippen molar-refractivity contribution in [3.05, 3.63) is 35.9 Å². The van der Waals surface area contributed by atoms with Gasteiger partial charge in [0.25, 0.3) is 5.91 Å². The summed E-state index contributed by atoms with van der Waals surface area (Å²) in [4.78, 5) is 16.7. The molecule has 1 amide bonds. The maximum atomic E-state index is 13.1. The molecule has 27 heavy (non-hydrogen) atoms. The van der Waals surface area contributed by atoms with Gasteiger partial charge in [0.2, 0.25) is 10.0 Å². The SMILES string of the molecule is CN1CCC(CN(C)S(=O)(=O)C2CCCN(C(=O)c3ccccc3)C2)CC1. The minimum absolute atomic E-state index is 0.0755. The van der Waals surface area contributed by atoms with Crippen LogP contribution in [0.2, 0.25) is 0 Å². The number of piperidine rings is 2. The molecule has 0 saturated carbocycles. The Hall–Kier alpha value is -1.44. The van der Waals surface area contributed by atoms with Crippen LogP contribution < -0.4 is 0 Å². The summed E-state index contributed by atoms with van der Waals surface area (Å²) in [6.07, 6.45) is 3.43. The third kappa shape index (κ3) is 4.89. The first-order valence-electron chi connectivity index (χ1n) is 9.86. The first-order chi connectivity index (χ1) is 12.9. The molecule has 1 unspecified atom stereocenters. The normalized spacial score (nSPS) is 22.9. The molecule has 0 aliphatic carbocycles. The molecule has 0 radical (unpaired) electrons. The van der Waals surface area contributed by atoms with Crippen molar-refractivity contribution in [3.8, 4) is 0 Å². The highest BCUT2D eigenvalue weighted by Gasteiger charge is 2.36. The van der Waals surface area contributed by atoms with Gasteiger partial charge in [0.05, 0.1) is 5.25 Å². The lowest BCUT2D eigenvalue weighted by Gasteiger charge is -2.36. The van der Waals surface area contributed by atoms with Crippen LogP contribution in [-0.4, -0.2) is 80.5 Å². The Labute approximate surface area is 163 Å². The summed E-state index contributed by atoms with van der Waals surface area (Å²) >= 11 is 0. The topological polar surface area (TPSA) is 60.9 Å². The summed E-state index contributed by atoms with van der Waals surface area (Å²) in [5.41, 5.74) is 0.621. The lowest BCUT2D eigenvalue weighted by atomic mass is 9.97. The van der Waals surface area contributed by atoms with Crippen molar-refractivity contribution in [1.29, 1.82) is 0 Å². The average molecular weight is 394 g/mol. The first kappa shape index (κ1) is 20.3. The van der Waals surface area contributed by atoms with E-state index >= 15 is 0 Å². The zero-order valence-electron chi connectivity index (χ0n) is 16.4. The van der Waals surface area contributed by atoms with Gasteiger partial charge in [0.1, 0.15) is 0 Å². The predicted octanol–water partition coefficient (Wildman–Crippen LogP) is 1.89. The molecule has 2 saturated heterocycles. The molecule has 7 heteroatoms. The summed E-state index contributed by atoms with van der Waals surface area (Å²) in [7, 11) is 0.410. The number of likely N-dealkylation sites (tertiary alicyclic amines) is 2. The number of hydrogen-bond donors (Lipinski definition) is 0. The van der Waals surface area contributed by atoms with Crippen molar-refractivity contribution in [2.45, 2.75) is 30.9 Å². The van der Waals surface area contributed by atoms with Crippen LogP contribution in [0.4, 0.5) is 0 Å². The zero-order chi connectivity index (χ0) is 19.4. The fraction of sp³-hybridized carbons (Fsp3) is 0.650. The van der Waals surface area contributed by atoms with Gasteiger partial charge in [-0.15, -0.1) is 0 Å². The lowest BCUT2D eigenvalue weighted by molar-refractivity contribution is 0.0725. The fourth-order valence-corrected chi connectivity index (χ4v) is 5.86.